The van der Waals surface area contributed by atoms with Gasteiger partial charge in [0.2, 0.25) is 0 Å². The number of fused-ring (bicyclic) bond motifs is 1. The number of ether oxygens (including phenoxy) is 1. The number of hydrogen-bond acceptors (Lipinski definition) is 3. The Kier molecular flexibility index (Phi) is 5.49. The van der Waals surface area contributed by atoms with Gasteiger partial charge in [0.15, 0.2) is 0 Å². The van der Waals surface area contributed by atoms with Gasteiger partial charge in [-0.1, -0.05) is 19.9 Å². The summed E-state index contributed by atoms with van der Waals surface area (Å²) in [4.78, 5) is 16.5. The fraction of sp³-hybridized carbons (Fsp3) is 0.500. The number of piperidine rings is 1. The predicted octanol–water partition coefficient (Wildman–Crippen LogP) is 4.86. The van der Waals surface area contributed by atoms with Crippen LogP contribution in [0.25, 0.3) is 22.2 Å². The van der Waals surface area contributed by atoms with E-state index in [9.17, 15) is 4.79 Å². The van der Waals surface area contributed by atoms with E-state index >= 15 is 0 Å². The van der Waals surface area contributed by atoms with E-state index in [-0.39, 0.29) is 11.6 Å². The van der Waals surface area contributed by atoms with Crippen molar-refractivity contribution in [1.29, 1.82) is 0 Å². The molecule has 2 aliphatic heterocycles. The molecule has 0 radical (unpaired) electrons. The topological polar surface area (TPSA) is 59.1 Å². The number of benzene rings is 1. The number of pyridine rings is 1. The minimum absolute atomic E-state index is 0.0923. The van der Waals surface area contributed by atoms with Gasteiger partial charge in [-0.2, -0.15) is 0 Å². The van der Waals surface area contributed by atoms with Gasteiger partial charge in [0.1, 0.15) is 0 Å². The summed E-state index contributed by atoms with van der Waals surface area (Å²) in [5, 5.41) is 4.79. The van der Waals surface area contributed by atoms with Gasteiger partial charge >= 0.3 is 0 Å². The molecule has 5 rings (SSSR count). The number of aromatic nitrogens is 2. The van der Waals surface area contributed by atoms with E-state index in [0.717, 1.165) is 42.9 Å². The Morgan fingerprint density at radius 2 is 1.94 bits per heavy atom. The summed E-state index contributed by atoms with van der Waals surface area (Å²) in [6.45, 7) is 9.99. The van der Waals surface area contributed by atoms with Gasteiger partial charge in [-0.25, -0.2) is 0 Å². The highest BCUT2D eigenvalue weighted by atomic mass is 16.5. The highest BCUT2D eigenvalue weighted by Crippen LogP contribution is 2.38. The van der Waals surface area contributed by atoms with Crippen molar-refractivity contribution in [2.45, 2.75) is 57.9 Å². The summed E-state index contributed by atoms with van der Waals surface area (Å²) in [6, 6.07) is 9.12. The first kappa shape index (κ1) is 20.5. The zero-order valence-corrected chi connectivity index (χ0v) is 18.8. The maximum Gasteiger partial charge on any atom is 0.253 e. The normalized spacial score (nSPS) is 20.2. The molecule has 31 heavy (non-hydrogen) atoms. The number of hydrogen-bond donors (Lipinski definition) is 2. The van der Waals surface area contributed by atoms with Crippen LogP contribution in [-0.4, -0.2) is 35.9 Å². The number of aromatic amines is 1. The molecule has 0 saturated carbocycles. The van der Waals surface area contributed by atoms with E-state index < -0.39 is 0 Å². The quantitative estimate of drug-likeness (QED) is 0.635. The molecular formula is C26H33N3O2. The maximum atomic E-state index is 12.8. The van der Waals surface area contributed by atoms with E-state index in [4.69, 9.17) is 4.74 Å². The van der Waals surface area contributed by atoms with Gasteiger partial charge < -0.3 is 19.6 Å². The smallest absolute Gasteiger partial charge is 0.253 e. The second-order valence-corrected chi connectivity index (χ2v) is 9.54. The van der Waals surface area contributed by atoms with Crippen molar-refractivity contribution in [3.8, 4) is 11.3 Å². The standard InChI is InChI=1S/C26H33N3O2/c1-16(2)24-22-13-19(18-6-9-27-10-7-18)4-5-23(22)28-25(24)20-12-17(3)26(30)29(14-20)21-8-11-31-15-21/h4-5,12-14,16,18,21,27-28H,6-11,15H2,1-3H3. The van der Waals surface area contributed by atoms with Crippen molar-refractivity contribution in [1.82, 2.24) is 14.9 Å². The van der Waals surface area contributed by atoms with Crippen LogP contribution in [0.2, 0.25) is 0 Å². The minimum atomic E-state index is 0.0923. The average molecular weight is 420 g/mol. The third-order valence-corrected chi connectivity index (χ3v) is 7.06. The molecule has 2 aromatic heterocycles. The van der Waals surface area contributed by atoms with Crippen molar-refractivity contribution in [3.05, 3.63) is 57.5 Å². The Morgan fingerprint density at radius 1 is 1.13 bits per heavy atom. The Labute approximate surface area is 183 Å². The number of nitrogens with one attached hydrogen (secondary N) is 2. The molecule has 164 valence electrons. The molecule has 0 spiro atoms. The van der Waals surface area contributed by atoms with Gasteiger partial charge in [0, 0.05) is 34.8 Å². The second kappa shape index (κ2) is 8.29. The predicted molar refractivity (Wildman–Crippen MR) is 126 cm³/mol. The molecule has 1 atom stereocenters. The lowest BCUT2D eigenvalue weighted by Gasteiger charge is -2.23. The zero-order chi connectivity index (χ0) is 21.5. The van der Waals surface area contributed by atoms with E-state index in [1.165, 1.54) is 34.9 Å². The van der Waals surface area contributed by atoms with E-state index in [2.05, 4.69) is 42.3 Å². The van der Waals surface area contributed by atoms with Crippen LogP contribution in [0.4, 0.5) is 0 Å². The van der Waals surface area contributed by atoms with Crippen molar-refractivity contribution >= 4 is 10.9 Å². The monoisotopic (exact) mass is 419 g/mol. The van der Waals surface area contributed by atoms with Crippen LogP contribution < -0.4 is 10.9 Å². The molecule has 4 heterocycles. The molecule has 1 unspecified atom stereocenters. The van der Waals surface area contributed by atoms with Crippen LogP contribution in [0, 0.1) is 6.92 Å². The van der Waals surface area contributed by atoms with Crippen molar-refractivity contribution in [3.63, 3.8) is 0 Å². The van der Waals surface area contributed by atoms with E-state index in [1.807, 2.05) is 23.8 Å². The number of rotatable bonds is 4. The minimum Gasteiger partial charge on any atom is -0.379 e. The summed E-state index contributed by atoms with van der Waals surface area (Å²) < 4.78 is 7.46. The third-order valence-electron chi connectivity index (χ3n) is 7.06. The molecule has 2 fully saturated rings. The molecule has 2 N–H and O–H groups in total. The summed E-state index contributed by atoms with van der Waals surface area (Å²) in [7, 11) is 0. The average Bonchev–Trinajstić information content (AvgIpc) is 3.43. The number of nitrogens with zero attached hydrogens (tertiary/aromatic N) is 1. The molecule has 0 aliphatic carbocycles. The lowest BCUT2D eigenvalue weighted by atomic mass is 9.88. The molecule has 5 nitrogen and oxygen atoms in total. The number of H-pyrrole nitrogens is 1. The first-order valence-electron chi connectivity index (χ1n) is 11.7. The zero-order valence-electron chi connectivity index (χ0n) is 18.8. The van der Waals surface area contributed by atoms with Crippen LogP contribution in [0.1, 0.15) is 67.7 Å². The molecule has 1 aromatic carbocycles. The van der Waals surface area contributed by atoms with Gasteiger partial charge in [-0.05, 0) is 80.4 Å². The Hall–Kier alpha value is -2.37. The Balaban J connectivity index is 1.64. The molecular weight excluding hydrogens is 386 g/mol. The lowest BCUT2D eigenvalue weighted by molar-refractivity contribution is 0.186. The summed E-state index contributed by atoms with van der Waals surface area (Å²) >= 11 is 0. The van der Waals surface area contributed by atoms with Crippen LogP contribution >= 0.6 is 0 Å². The second-order valence-electron chi connectivity index (χ2n) is 9.54. The van der Waals surface area contributed by atoms with Gasteiger partial charge in [-0.3, -0.25) is 4.79 Å². The SMILES string of the molecule is Cc1cc(-c2[nH]c3ccc(C4CCNCC4)cc3c2C(C)C)cn(C2CCOC2)c1=O. The Bertz CT molecular complexity index is 1150. The summed E-state index contributed by atoms with van der Waals surface area (Å²) in [5.41, 5.74) is 7.08. The molecule has 0 amide bonds. The van der Waals surface area contributed by atoms with Crippen molar-refractivity contribution in [2.24, 2.45) is 0 Å². The molecule has 5 heteroatoms. The molecule has 0 bridgehead atoms. The third kappa shape index (κ3) is 3.74. The highest BCUT2D eigenvalue weighted by molar-refractivity contribution is 5.92. The summed E-state index contributed by atoms with van der Waals surface area (Å²) in [5.74, 6) is 1.01. The first-order chi connectivity index (χ1) is 15.0. The van der Waals surface area contributed by atoms with Gasteiger partial charge in [0.05, 0.1) is 18.3 Å². The van der Waals surface area contributed by atoms with Crippen molar-refractivity contribution in [2.75, 3.05) is 26.3 Å². The summed E-state index contributed by atoms with van der Waals surface area (Å²) in [6.07, 6.45) is 5.34. The van der Waals surface area contributed by atoms with Crippen molar-refractivity contribution < 1.29 is 4.74 Å². The lowest BCUT2D eigenvalue weighted by Crippen LogP contribution is -2.26. The first-order valence-corrected chi connectivity index (χ1v) is 11.7. The molecule has 2 saturated heterocycles. The van der Waals surface area contributed by atoms with Gasteiger partial charge in [0.25, 0.3) is 5.56 Å². The Morgan fingerprint density at radius 3 is 2.65 bits per heavy atom. The van der Waals surface area contributed by atoms with Crippen LogP contribution in [-0.2, 0) is 4.74 Å². The molecule has 2 aliphatic rings. The fourth-order valence-corrected chi connectivity index (χ4v) is 5.36. The van der Waals surface area contributed by atoms with E-state index in [0.29, 0.717) is 18.4 Å². The maximum absolute atomic E-state index is 12.8. The fourth-order valence-electron chi connectivity index (χ4n) is 5.36. The molecule has 3 aromatic rings. The highest BCUT2D eigenvalue weighted by Gasteiger charge is 2.23. The van der Waals surface area contributed by atoms with Crippen LogP contribution in [0.15, 0.2) is 35.3 Å². The number of aryl methyl sites for hydroxylation is 1. The van der Waals surface area contributed by atoms with Gasteiger partial charge in [-0.15, -0.1) is 0 Å². The van der Waals surface area contributed by atoms with Crippen LogP contribution in [0.5, 0.6) is 0 Å². The van der Waals surface area contributed by atoms with E-state index in [1.54, 1.807) is 0 Å². The van der Waals surface area contributed by atoms with Crippen LogP contribution in [0.3, 0.4) is 0 Å². The largest absolute Gasteiger partial charge is 0.379 e.